The first-order valence-corrected chi connectivity index (χ1v) is 15.2. The molecule has 1 aliphatic heterocycles. The number of fused-ring (bicyclic) bond motifs is 3. The van der Waals surface area contributed by atoms with E-state index in [0.717, 1.165) is 53.8 Å². The highest BCUT2D eigenvalue weighted by Gasteiger charge is 2.61. The summed E-state index contributed by atoms with van der Waals surface area (Å²) in [5, 5.41) is 4.70. The van der Waals surface area contributed by atoms with Gasteiger partial charge in [0.05, 0.1) is 44.0 Å². The molecule has 2 aliphatic carbocycles. The monoisotopic (exact) mass is 580 g/mol. The molecule has 7 heteroatoms. The van der Waals surface area contributed by atoms with Gasteiger partial charge in [0, 0.05) is 11.8 Å². The van der Waals surface area contributed by atoms with Gasteiger partial charge in [-0.3, -0.25) is 0 Å². The van der Waals surface area contributed by atoms with Crippen LogP contribution in [0, 0.1) is 11.2 Å². The van der Waals surface area contributed by atoms with E-state index in [1.807, 2.05) is 47.3 Å². The molecule has 0 bridgehead atoms. The van der Waals surface area contributed by atoms with Crippen LogP contribution in [0.4, 0.5) is 4.39 Å². The molecule has 0 N–H and O–H groups in total. The minimum absolute atomic E-state index is 0.259. The smallest absolute Gasteiger partial charge is 0.178 e. The maximum atomic E-state index is 13.6. The van der Waals surface area contributed by atoms with Crippen molar-refractivity contribution >= 4 is 6.08 Å². The van der Waals surface area contributed by atoms with E-state index in [0.29, 0.717) is 26.4 Å². The number of rotatable bonds is 9. The topological polar surface area (TPSA) is 54.7 Å². The van der Waals surface area contributed by atoms with E-state index in [4.69, 9.17) is 24.0 Å². The molecular formula is C36H37FN2O4. The van der Waals surface area contributed by atoms with Gasteiger partial charge in [-0.15, -0.1) is 0 Å². The van der Waals surface area contributed by atoms with Crippen LogP contribution in [-0.4, -0.2) is 41.0 Å². The van der Waals surface area contributed by atoms with Crippen molar-refractivity contribution < 1.29 is 23.3 Å². The zero-order valence-corrected chi connectivity index (χ0v) is 24.5. The minimum Gasteiger partial charge on any atom is -0.374 e. The third-order valence-corrected chi connectivity index (χ3v) is 9.20. The molecule has 3 aliphatic rings. The molecule has 1 aromatic heterocycles. The molecule has 2 fully saturated rings. The lowest BCUT2D eigenvalue weighted by molar-refractivity contribution is -0.252. The fourth-order valence-corrected chi connectivity index (χ4v) is 6.87. The van der Waals surface area contributed by atoms with Crippen LogP contribution in [0.15, 0.2) is 96.7 Å². The van der Waals surface area contributed by atoms with E-state index in [-0.39, 0.29) is 23.4 Å². The molecule has 0 radical (unpaired) electrons. The fraction of sp³-hybridized carbons (Fsp3) is 0.361. The van der Waals surface area contributed by atoms with Gasteiger partial charge in [-0.25, -0.2) is 9.07 Å². The molecule has 2 heterocycles. The molecule has 3 aromatic carbocycles. The molecule has 1 saturated carbocycles. The summed E-state index contributed by atoms with van der Waals surface area (Å²) >= 11 is 0. The summed E-state index contributed by atoms with van der Waals surface area (Å²) in [5.41, 5.74) is 6.19. The van der Waals surface area contributed by atoms with Crippen molar-refractivity contribution in [2.24, 2.45) is 5.41 Å². The van der Waals surface area contributed by atoms with Gasteiger partial charge in [-0.05, 0) is 66.3 Å². The van der Waals surface area contributed by atoms with E-state index in [1.165, 1.54) is 17.7 Å². The van der Waals surface area contributed by atoms with Gasteiger partial charge in [-0.2, -0.15) is 5.10 Å². The van der Waals surface area contributed by atoms with Gasteiger partial charge in [0.15, 0.2) is 5.79 Å². The SMILES string of the molecule is CC12Cc3cnn(-c4ccc(F)cc4)c3C=C1CCCC21O[C@H](COCc2ccccc2)[C@@H](COCc2ccccc2)O1. The average Bonchev–Trinajstić information content (AvgIpc) is 3.59. The average molecular weight is 581 g/mol. The molecule has 43 heavy (non-hydrogen) atoms. The van der Waals surface area contributed by atoms with E-state index >= 15 is 0 Å². The predicted octanol–water partition coefficient (Wildman–Crippen LogP) is 7.06. The quantitative estimate of drug-likeness (QED) is 0.212. The molecular weight excluding hydrogens is 543 g/mol. The van der Waals surface area contributed by atoms with Gasteiger partial charge in [0.1, 0.15) is 18.0 Å². The Morgan fingerprint density at radius 1 is 0.860 bits per heavy atom. The molecule has 1 unspecified atom stereocenters. The third-order valence-electron chi connectivity index (χ3n) is 9.20. The lowest BCUT2D eigenvalue weighted by Gasteiger charge is -2.51. The minimum atomic E-state index is -0.797. The lowest BCUT2D eigenvalue weighted by atomic mass is 9.62. The van der Waals surface area contributed by atoms with Gasteiger partial charge >= 0.3 is 0 Å². The molecule has 6 nitrogen and oxygen atoms in total. The first kappa shape index (κ1) is 28.2. The van der Waals surface area contributed by atoms with Gasteiger partial charge in [0.2, 0.25) is 0 Å². The molecule has 3 atom stereocenters. The van der Waals surface area contributed by atoms with Crippen molar-refractivity contribution in [3.8, 4) is 5.69 Å². The van der Waals surface area contributed by atoms with Crippen molar-refractivity contribution in [1.82, 2.24) is 9.78 Å². The largest absolute Gasteiger partial charge is 0.374 e. The van der Waals surface area contributed by atoms with Gasteiger partial charge in [0.25, 0.3) is 0 Å². The van der Waals surface area contributed by atoms with Crippen molar-refractivity contribution in [3.63, 3.8) is 0 Å². The van der Waals surface area contributed by atoms with Gasteiger partial charge < -0.3 is 18.9 Å². The number of hydrogen-bond donors (Lipinski definition) is 0. The second kappa shape index (κ2) is 11.8. The lowest BCUT2D eigenvalue weighted by Crippen LogP contribution is -2.54. The first-order chi connectivity index (χ1) is 21.0. The van der Waals surface area contributed by atoms with Crippen LogP contribution in [0.3, 0.4) is 0 Å². The summed E-state index contributed by atoms with van der Waals surface area (Å²) in [7, 11) is 0. The summed E-state index contributed by atoms with van der Waals surface area (Å²) in [4.78, 5) is 0. The zero-order chi connectivity index (χ0) is 29.3. The Kier molecular flexibility index (Phi) is 7.74. The Morgan fingerprint density at radius 2 is 1.47 bits per heavy atom. The van der Waals surface area contributed by atoms with Crippen LogP contribution in [-0.2, 0) is 38.6 Å². The second-order valence-corrected chi connectivity index (χ2v) is 12.0. The van der Waals surface area contributed by atoms with E-state index in [9.17, 15) is 4.39 Å². The van der Waals surface area contributed by atoms with Crippen molar-refractivity contribution in [3.05, 3.63) is 125 Å². The zero-order valence-electron chi connectivity index (χ0n) is 24.5. The van der Waals surface area contributed by atoms with Crippen molar-refractivity contribution in [2.75, 3.05) is 13.2 Å². The van der Waals surface area contributed by atoms with Crippen LogP contribution in [0.5, 0.6) is 0 Å². The highest BCUT2D eigenvalue weighted by molar-refractivity contribution is 5.62. The Morgan fingerprint density at radius 3 is 2.07 bits per heavy atom. The molecule has 7 rings (SSSR count). The Hall–Kier alpha value is -3.62. The van der Waals surface area contributed by atoms with Crippen LogP contribution >= 0.6 is 0 Å². The number of hydrogen-bond acceptors (Lipinski definition) is 5. The van der Waals surface area contributed by atoms with Crippen LogP contribution in [0.25, 0.3) is 11.8 Å². The van der Waals surface area contributed by atoms with Gasteiger partial charge in [-0.1, -0.05) is 73.2 Å². The predicted molar refractivity (Wildman–Crippen MR) is 162 cm³/mol. The first-order valence-electron chi connectivity index (χ1n) is 15.2. The van der Waals surface area contributed by atoms with E-state index in [2.05, 4.69) is 37.3 Å². The summed E-state index contributed by atoms with van der Waals surface area (Å²) in [6, 6.07) is 26.9. The highest BCUT2D eigenvalue weighted by Crippen LogP contribution is 2.58. The van der Waals surface area contributed by atoms with E-state index < -0.39 is 5.79 Å². The summed E-state index contributed by atoms with van der Waals surface area (Å²) < 4.78 is 41.9. The highest BCUT2D eigenvalue weighted by atomic mass is 19.1. The molecule has 1 saturated heterocycles. The summed E-state index contributed by atoms with van der Waals surface area (Å²) in [6.07, 6.45) is 7.10. The van der Waals surface area contributed by atoms with Crippen molar-refractivity contribution in [1.29, 1.82) is 0 Å². The van der Waals surface area contributed by atoms with Crippen LogP contribution in [0.1, 0.15) is 48.6 Å². The number of benzene rings is 3. The molecule has 1 spiro atoms. The fourth-order valence-electron chi connectivity index (χ4n) is 6.87. The number of nitrogens with zero attached hydrogens (tertiary/aromatic N) is 2. The number of halogens is 1. The Bertz CT molecular complexity index is 1520. The maximum Gasteiger partial charge on any atom is 0.178 e. The van der Waals surface area contributed by atoms with Crippen molar-refractivity contribution in [2.45, 2.75) is 63.8 Å². The Balaban J connectivity index is 1.13. The third kappa shape index (κ3) is 5.47. The summed E-state index contributed by atoms with van der Waals surface area (Å²) in [6.45, 7) is 4.13. The molecule has 4 aromatic rings. The number of ether oxygens (including phenoxy) is 4. The molecule has 0 amide bonds. The second-order valence-electron chi connectivity index (χ2n) is 12.0. The van der Waals surface area contributed by atoms with Crippen LogP contribution in [0.2, 0.25) is 0 Å². The van der Waals surface area contributed by atoms with E-state index in [1.54, 1.807) is 12.1 Å². The molecule has 222 valence electrons. The normalized spacial score (nSPS) is 24.0. The standard InChI is InChI=1S/C36H37FN2O4/c1-35-20-28-21-38-39(31-16-14-30(37)15-17-31)32(28)19-29(35)13-8-18-36(35)42-33(24-40-22-26-9-4-2-5-10-26)34(43-36)25-41-23-27-11-6-3-7-12-27/h2-7,9-12,14-17,19,21,33-34H,8,13,18,20,22-25H2,1H3/t33-,34-,35?/m1/s1. The number of aromatic nitrogens is 2. The maximum absolute atomic E-state index is 13.6. The Labute approximate surface area is 252 Å². The summed E-state index contributed by atoms with van der Waals surface area (Å²) in [5.74, 6) is -1.06. The van der Waals surface area contributed by atoms with Crippen LogP contribution < -0.4 is 0 Å².